The zero-order valence-electron chi connectivity index (χ0n) is 6.99. The van der Waals surface area contributed by atoms with Gasteiger partial charge in [0.2, 0.25) is 5.95 Å². The molecule has 0 aromatic carbocycles. The van der Waals surface area contributed by atoms with Crippen LogP contribution in [0.5, 0.6) is 0 Å². The normalized spacial score (nSPS) is 10.2. The molecule has 0 amide bonds. The summed E-state index contributed by atoms with van der Waals surface area (Å²) in [4.78, 5) is 10.9. The van der Waals surface area contributed by atoms with E-state index in [-0.39, 0.29) is 5.95 Å². The minimum atomic E-state index is 0.282. The summed E-state index contributed by atoms with van der Waals surface area (Å²) in [5.74, 6) is 0.282. The molecule has 0 unspecified atom stereocenters. The van der Waals surface area contributed by atoms with Gasteiger partial charge in [-0.15, -0.1) is 0 Å². The van der Waals surface area contributed by atoms with Crippen molar-refractivity contribution in [2.24, 2.45) is 0 Å². The van der Waals surface area contributed by atoms with Gasteiger partial charge in [0.05, 0.1) is 5.69 Å². The van der Waals surface area contributed by atoms with Crippen LogP contribution in [0.2, 0.25) is 0 Å². The van der Waals surface area contributed by atoms with E-state index in [0.29, 0.717) is 0 Å². The van der Waals surface area contributed by atoms with Crippen LogP contribution in [0.15, 0.2) is 24.5 Å². The Morgan fingerprint density at radius 3 is 2.92 bits per heavy atom. The summed E-state index contributed by atoms with van der Waals surface area (Å²) >= 11 is 0. The molecule has 0 bridgehead atoms. The van der Waals surface area contributed by atoms with Crippen molar-refractivity contribution in [2.75, 3.05) is 5.73 Å². The Hall–Kier alpha value is -1.84. The van der Waals surface area contributed by atoms with E-state index in [9.17, 15) is 0 Å². The molecule has 2 rings (SSSR count). The van der Waals surface area contributed by atoms with Crippen LogP contribution in [-0.2, 0) is 0 Å². The average Bonchev–Trinajstić information content (AvgIpc) is 2.52. The second-order valence-corrected chi connectivity index (χ2v) is 2.71. The molecule has 0 spiro atoms. The Balaban J connectivity index is 2.46. The minimum Gasteiger partial charge on any atom is -0.368 e. The third-order valence-electron chi connectivity index (χ3n) is 1.71. The Bertz CT molecular complexity index is 419. The summed E-state index contributed by atoms with van der Waals surface area (Å²) < 4.78 is 0. The fourth-order valence-electron chi connectivity index (χ4n) is 1.12. The lowest BCUT2D eigenvalue weighted by molar-refractivity contribution is 1.19. The zero-order chi connectivity index (χ0) is 9.26. The molecule has 4 heteroatoms. The van der Waals surface area contributed by atoms with Gasteiger partial charge >= 0.3 is 0 Å². The van der Waals surface area contributed by atoms with Crippen LogP contribution >= 0.6 is 0 Å². The number of anilines is 1. The van der Waals surface area contributed by atoms with Gasteiger partial charge in [-0.2, -0.15) is 0 Å². The minimum absolute atomic E-state index is 0.282. The number of aromatic amines is 1. The standard InChI is InChI=1S/C9H9N4/c1-6-4-7(5-12-6)8-2-3-11-9(10)13-8/h2-5,12H,1H2,(H2,10,11,13). The molecule has 0 aliphatic heterocycles. The van der Waals surface area contributed by atoms with Gasteiger partial charge in [0.1, 0.15) is 0 Å². The van der Waals surface area contributed by atoms with Crippen LogP contribution in [0.3, 0.4) is 0 Å². The van der Waals surface area contributed by atoms with E-state index in [1.165, 1.54) is 0 Å². The van der Waals surface area contributed by atoms with Crippen LogP contribution < -0.4 is 5.73 Å². The molecule has 13 heavy (non-hydrogen) atoms. The number of hydrogen-bond acceptors (Lipinski definition) is 3. The number of nitrogens with zero attached hydrogens (tertiary/aromatic N) is 2. The summed E-state index contributed by atoms with van der Waals surface area (Å²) in [6.07, 6.45) is 3.47. The van der Waals surface area contributed by atoms with Crippen molar-refractivity contribution in [3.63, 3.8) is 0 Å². The molecule has 2 aromatic rings. The summed E-state index contributed by atoms with van der Waals surface area (Å²) in [7, 11) is 0. The lowest BCUT2D eigenvalue weighted by Crippen LogP contribution is -1.94. The summed E-state index contributed by atoms with van der Waals surface area (Å²) in [5.41, 5.74) is 8.08. The topological polar surface area (TPSA) is 67.6 Å². The van der Waals surface area contributed by atoms with Crippen molar-refractivity contribution in [3.05, 3.63) is 37.1 Å². The lowest BCUT2D eigenvalue weighted by Gasteiger charge is -1.95. The van der Waals surface area contributed by atoms with E-state index in [4.69, 9.17) is 5.73 Å². The molecule has 65 valence electrons. The maximum absolute atomic E-state index is 5.45. The fraction of sp³-hybridized carbons (Fsp3) is 0. The summed E-state index contributed by atoms with van der Waals surface area (Å²) in [5, 5.41) is 0. The predicted molar refractivity (Wildman–Crippen MR) is 50.7 cm³/mol. The van der Waals surface area contributed by atoms with Crippen molar-refractivity contribution in [1.29, 1.82) is 0 Å². The maximum Gasteiger partial charge on any atom is 0.220 e. The molecule has 4 nitrogen and oxygen atoms in total. The molecule has 0 aliphatic rings. The third-order valence-corrected chi connectivity index (χ3v) is 1.71. The molecular weight excluding hydrogens is 164 g/mol. The van der Waals surface area contributed by atoms with Gasteiger partial charge in [-0.3, -0.25) is 0 Å². The van der Waals surface area contributed by atoms with Crippen LogP contribution in [0.1, 0.15) is 5.69 Å². The van der Waals surface area contributed by atoms with Gasteiger partial charge in [-0.25, -0.2) is 9.97 Å². The van der Waals surface area contributed by atoms with Crippen LogP contribution in [0.25, 0.3) is 11.3 Å². The Morgan fingerprint density at radius 1 is 1.46 bits per heavy atom. The predicted octanol–water partition coefficient (Wildman–Crippen LogP) is 1.24. The molecular formula is C9H9N4. The largest absolute Gasteiger partial charge is 0.368 e. The van der Waals surface area contributed by atoms with Crippen LogP contribution in [0, 0.1) is 6.92 Å². The molecule has 2 heterocycles. The van der Waals surface area contributed by atoms with Crippen molar-refractivity contribution in [2.45, 2.75) is 0 Å². The van der Waals surface area contributed by atoms with Crippen LogP contribution in [0.4, 0.5) is 5.95 Å². The Labute approximate surface area is 75.8 Å². The molecule has 0 saturated heterocycles. The molecule has 2 aromatic heterocycles. The van der Waals surface area contributed by atoms with Gasteiger partial charge in [-0.05, 0) is 19.1 Å². The van der Waals surface area contributed by atoms with E-state index in [0.717, 1.165) is 17.0 Å². The molecule has 0 saturated carbocycles. The third kappa shape index (κ3) is 1.51. The number of hydrogen-bond donors (Lipinski definition) is 2. The number of aromatic nitrogens is 3. The first-order chi connectivity index (χ1) is 6.25. The first-order valence-electron chi connectivity index (χ1n) is 3.85. The van der Waals surface area contributed by atoms with Crippen LogP contribution in [-0.4, -0.2) is 15.0 Å². The van der Waals surface area contributed by atoms with E-state index in [1.807, 2.05) is 12.3 Å². The van der Waals surface area contributed by atoms with Gasteiger partial charge in [0.25, 0.3) is 0 Å². The van der Waals surface area contributed by atoms with Crippen molar-refractivity contribution in [1.82, 2.24) is 15.0 Å². The van der Waals surface area contributed by atoms with Crippen molar-refractivity contribution < 1.29 is 0 Å². The molecule has 1 radical (unpaired) electrons. The van der Waals surface area contributed by atoms with Crippen molar-refractivity contribution in [3.8, 4) is 11.3 Å². The smallest absolute Gasteiger partial charge is 0.220 e. The lowest BCUT2D eigenvalue weighted by atomic mass is 10.2. The number of nitrogen functional groups attached to an aromatic ring is 1. The molecule has 0 aliphatic carbocycles. The highest BCUT2D eigenvalue weighted by Gasteiger charge is 2.01. The van der Waals surface area contributed by atoms with E-state index >= 15 is 0 Å². The fourth-order valence-corrected chi connectivity index (χ4v) is 1.12. The number of H-pyrrole nitrogens is 1. The monoisotopic (exact) mass is 173 g/mol. The van der Waals surface area contributed by atoms with Gasteiger partial charge in [0.15, 0.2) is 0 Å². The Morgan fingerprint density at radius 2 is 2.31 bits per heavy atom. The van der Waals surface area contributed by atoms with E-state index in [1.54, 1.807) is 12.3 Å². The first-order valence-corrected chi connectivity index (χ1v) is 3.85. The average molecular weight is 173 g/mol. The second-order valence-electron chi connectivity index (χ2n) is 2.71. The Kier molecular flexibility index (Phi) is 1.73. The molecule has 0 fully saturated rings. The van der Waals surface area contributed by atoms with E-state index < -0.39 is 0 Å². The zero-order valence-corrected chi connectivity index (χ0v) is 6.99. The van der Waals surface area contributed by atoms with Crippen molar-refractivity contribution >= 4 is 5.95 Å². The van der Waals surface area contributed by atoms with Gasteiger partial charge < -0.3 is 10.7 Å². The highest BCUT2D eigenvalue weighted by Crippen LogP contribution is 2.17. The summed E-state index contributed by atoms with van der Waals surface area (Å²) in [6, 6.07) is 3.71. The number of nitrogens with one attached hydrogen (secondary N) is 1. The molecule has 3 N–H and O–H groups in total. The second kappa shape index (κ2) is 2.90. The van der Waals surface area contributed by atoms with Gasteiger partial charge in [-0.1, -0.05) is 0 Å². The maximum atomic E-state index is 5.45. The SMILES string of the molecule is [CH2]c1cc(-c2ccnc(N)n2)c[nH]1. The quantitative estimate of drug-likeness (QED) is 0.681. The highest BCUT2D eigenvalue weighted by atomic mass is 15.0. The summed E-state index contributed by atoms with van der Waals surface area (Å²) in [6.45, 7) is 3.76. The van der Waals surface area contributed by atoms with E-state index in [2.05, 4.69) is 21.9 Å². The molecule has 0 atom stereocenters. The first kappa shape index (κ1) is 7.79. The number of nitrogens with two attached hydrogens (primary N) is 1. The number of rotatable bonds is 1. The van der Waals surface area contributed by atoms with Gasteiger partial charge in [0, 0.05) is 23.7 Å². The highest BCUT2D eigenvalue weighted by molar-refractivity contribution is 5.59.